The smallest absolute Gasteiger partial charge is 0.302 e. The normalized spacial score (nSPS) is 57.9. The minimum Gasteiger partial charge on any atom is -0.465 e. The molecule has 0 aromatic carbocycles. The SMILES string of the molecule is C=C1[C@@H]2CC[C@H]3[C@@]45CO[C@](O)([C@@H](O)[C@@H]4[C@](C)(COC(C)=O)CC[C@@H]5O)[C@]3(C2)[C@@H]1O. The Balaban J connectivity index is 1.68. The van der Waals surface area contributed by atoms with Gasteiger partial charge in [0.2, 0.25) is 5.79 Å². The van der Waals surface area contributed by atoms with E-state index >= 15 is 0 Å². The number of aliphatic hydroxyl groups is 4. The average molecular weight is 408 g/mol. The van der Waals surface area contributed by atoms with Crippen LogP contribution in [-0.2, 0) is 14.3 Å². The molecule has 4 bridgehead atoms. The van der Waals surface area contributed by atoms with Crippen LogP contribution >= 0.6 is 0 Å². The first kappa shape index (κ1) is 19.9. The van der Waals surface area contributed by atoms with Gasteiger partial charge in [-0.3, -0.25) is 4.79 Å². The van der Waals surface area contributed by atoms with E-state index in [2.05, 4.69) is 6.58 Å². The summed E-state index contributed by atoms with van der Waals surface area (Å²) in [5.74, 6) is -2.94. The van der Waals surface area contributed by atoms with Gasteiger partial charge in [0.15, 0.2) is 0 Å². The fourth-order valence-corrected chi connectivity index (χ4v) is 8.33. The minimum absolute atomic E-state index is 0.0865. The molecule has 7 heteroatoms. The molecule has 2 saturated heterocycles. The summed E-state index contributed by atoms with van der Waals surface area (Å²) < 4.78 is 11.3. The maximum absolute atomic E-state index is 11.8. The van der Waals surface area contributed by atoms with Gasteiger partial charge in [0.25, 0.3) is 0 Å². The third-order valence-electron chi connectivity index (χ3n) is 9.49. The van der Waals surface area contributed by atoms with E-state index in [9.17, 15) is 25.2 Å². The van der Waals surface area contributed by atoms with Crippen LogP contribution in [0.2, 0.25) is 0 Å². The van der Waals surface area contributed by atoms with Crippen LogP contribution in [0.15, 0.2) is 12.2 Å². The van der Waals surface area contributed by atoms with E-state index in [-0.39, 0.29) is 25.0 Å². The van der Waals surface area contributed by atoms with Crippen molar-refractivity contribution in [2.75, 3.05) is 13.2 Å². The number of fused-ring (bicyclic) bond motifs is 2. The van der Waals surface area contributed by atoms with E-state index in [1.807, 2.05) is 6.92 Å². The van der Waals surface area contributed by atoms with Crippen molar-refractivity contribution < 1.29 is 34.7 Å². The van der Waals surface area contributed by atoms with E-state index in [1.54, 1.807) is 0 Å². The van der Waals surface area contributed by atoms with Crippen molar-refractivity contribution in [3.05, 3.63) is 12.2 Å². The molecule has 4 N–H and O–H groups in total. The van der Waals surface area contributed by atoms with Crippen molar-refractivity contribution in [2.45, 2.75) is 70.1 Å². The highest BCUT2D eigenvalue weighted by Gasteiger charge is 2.84. The van der Waals surface area contributed by atoms with Crippen LogP contribution < -0.4 is 0 Å². The van der Waals surface area contributed by atoms with E-state index in [0.717, 1.165) is 12.8 Å². The fraction of sp³-hybridized carbons (Fsp3) is 0.864. The largest absolute Gasteiger partial charge is 0.465 e. The predicted molar refractivity (Wildman–Crippen MR) is 101 cm³/mol. The van der Waals surface area contributed by atoms with Gasteiger partial charge in [0, 0.05) is 23.7 Å². The molecule has 162 valence electrons. The first-order valence-corrected chi connectivity index (χ1v) is 10.8. The zero-order chi connectivity index (χ0) is 21.0. The maximum Gasteiger partial charge on any atom is 0.302 e. The lowest BCUT2D eigenvalue weighted by molar-refractivity contribution is -0.467. The van der Waals surface area contributed by atoms with Gasteiger partial charge in [-0.1, -0.05) is 13.5 Å². The summed E-state index contributed by atoms with van der Waals surface area (Å²) in [4.78, 5) is 11.5. The first-order chi connectivity index (χ1) is 13.5. The molecule has 7 nitrogen and oxygen atoms in total. The van der Waals surface area contributed by atoms with E-state index < -0.39 is 52.2 Å². The number of carbonyl (C=O) groups excluding carboxylic acids is 1. The second-order valence-corrected chi connectivity index (χ2v) is 10.6. The second-order valence-electron chi connectivity index (χ2n) is 10.6. The highest BCUT2D eigenvalue weighted by molar-refractivity contribution is 5.65. The zero-order valence-electron chi connectivity index (χ0n) is 17.1. The van der Waals surface area contributed by atoms with Crippen LogP contribution in [0.4, 0.5) is 0 Å². The lowest BCUT2D eigenvalue weighted by Gasteiger charge is -2.75. The summed E-state index contributed by atoms with van der Waals surface area (Å²) >= 11 is 0. The summed E-state index contributed by atoms with van der Waals surface area (Å²) in [6.45, 7) is 7.64. The van der Waals surface area contributed by atoms with Crippen molar-refractivity contribution in [3.63, 3.8) is 0 Å². The Labute approximate surface area is 170 Å². The molecule has 6 rings (SSSR count). The Bertz CT molecular complexity index is 768. The summed E-state index contributed by atoms with van der Waals surface area (Å²) in [7, 11) is 0. The fourth-order valence-electron chi connectivity index (χ4n) is 8.33. The summed E-state index contributed by atoms with van der Waals surface area (Å²) in [5.41, 5.74) is -1.79. The van der Waals surface area contributed by atoms with E-state index in [1.165, 1.54) is 6.92 Å². The number of esters is 1. The summed E-state index contributed by atoms with van der Waals surface area (Å²) in [5, 5.41) is 45.9. The molecule has 0 unspecified atom stereocenters. The molecule has 29 heavy (non-hydrogen) atoms. The van der Waals surface area contributed by atoms with Gasteiger partial charge in [-0.2, -0.15) is 0 Å². The molecule has 6 aliphatic rings. The Kier molecular flexibility index (Phi) is 4.01. The second kappa shape index (κ2) is 5.82. The summed E-state index contributed by atoms with van der Waals surface area (Å²) in [6.07, 6.45) is 0.139. The molecule has 2 heterocycles. The first-order valence-electron chi connectivity index (χ1n) is 10.8. The molecule has 0 aromatic heterocycles. The molecule has 4 aliphatic carbocycles. The zero-order valence-corrected chi connectivity index (χ0v) is 17.1. The quantitative estimate of drug-likeness (QED) is 0.393. The lowest BCUT2D eigenvalue weighted by atomic mass is 9.36. The predicted octanol–water partition coefficient (Wildman–Crippen LogP) is 0.740. The third-order valence-corrected chi connectivity index (χ3v) is 9.49. The molecule has 2 spiro atoms. The Hall–Kier alpha value is -0.990. The topological polar surface area (TPSA) is 116 Å². The average Bonchev–Trinajstić information content (AvgIpc) is 2.87. The highest BCUT2D eigenvalue weighted by atomic mass is 16.6. The number of hydrogen-bond donors (Lipinski definition) is 4. The van der Waals surface area contributed by atoms with Gasteiger partial charge < -0.3 is 29.9 Å². The maximum atomic E-state index is 11.8. The van der Waals surface area contributed by atoms with E-state index in [4.69, 9.17) is 9.47 Å². The molecule has 0 aromatic rings. The van der Waals surface area contributed by atoms with Gasteiger partial charge >= 0.3 is 5.97 Å². The molecular formula is C22H32O7. The molecule has 10 atom stereocenters. The number of carbonyl (C=O) groups is 1. The molecular weight excluding hydrogens is 376 g/mol. The van der Waals surface area contributed by atoms with Gasteiger partial charge in [-0.25, -0.2) is 0 Å². The lowest BCUT2D eigenvalue weighted by Crippen LogP contribution is -2.84. The van der Waals surface area contributed by atoms with Crippen LogP contribution in [0, 0.1) is 34.0 Å². The third kappa shape index (κ3) is 2.04. The minimum atomic E-state index is -1.92. The number of aliphatic hydroxyl groups excluding tert-OH is 3. The van der Waals surface area contributed by atoms with Gasteiger partial charge in [-0.05, 0) is 49.5 Å². The molecule has 0 amide bonds. The van der Waals surface area contributed by atoms with Crippen LogP contribution in [0.25, 0.3) is 0 Å². The molecule has 2 aliphatic heterocycles. The van der Waals surface area contributed by atoms with Crippen LogP contribution in [-0.4, -0.2) is 63.7 Å². The van der Waals surface area contributed by atoms with Gasteiger partial charge in [0.05, 0.1) is 30.8 Å². The van der Waals surface area contributed by atoms with Crippen LogP contribution in [0.1, 0.15) is 46.0 Å². The summed E-state index contributed by atoms with van der Waals surface area (Å²) in [6, 6.07) is 0. The van der Waals surface area contributed by atoms with E-state index in [0.29, 0.717) is 24.8 Å². The van der Waals surface area contributed by atoms with Crippen molar-refractivity contribution >= 4 is 5.97 Å². The number of ether oxygens (including phenoxy) is 2. The Morgan fingerprint density at radius 2 is 2.00 bits per heavy atom. The van der Waals surface area contributed by atoms with Crippen molar-refractivity contribution in [2.24, 2.45) is 34.0 Å². The van der Waals surface area contributed by atoms with Crippen LogP contribution in [0.5, 0.6) is 0 Å². The van der Waals surface area contributed by atoms with Crippen molar-refractivity contribution in [1.82, 2.24) is 0 Å². The molecule has 6 fully saturated rings. The standard InChI is InChI=1S/C22H32O7/c1-11-13-4-5-14-20-10-29-22(27,21(14,8-13)17(11)25)18(26)16(20)19(3,7-6-15(20)24)9-28-12(2)23/h13-18,24-27H,1,4-10H2,2-3H3/t13-,14+,15+,16-,17-,18+,19+,20-,21+,22-/m1/s1. The number of rotatable bonds is 2. The molecule has 0 radical (unpaired) electrons. The Morgan fingerprint density at radius 3 is 2.69 bits per heavy atom. The highest BCUT2D eigenvalue weighted by Crippen LogP contribution is 2.77. The van der Waals surface area contributed by atoms with Crippen molar-refractivity contribution in [1.29, 1.82) is 0 Å². The monoisotopic (exact) mass is 408 g/mol. The van der Waals surface area contributed by atoms with Gasteiger partial charge in [0.1, 0.15) is 6.10 Å². The van der Waals surface area contributed by atoms with Crippen LogP contribution in [0.3, 0.4) is 0 Å². The van der Waals surface area contributed by atoms with Gasteiger partial charge in [-0.15, -0.1) is 0 Å². The molecule has 4 saturated carbocycles. The number of hydrogen-bond acceptors (Lipinski definition) is 7. The Morgan fingerprint density at radius 1 is 1.28 bits per heavy atom. The van der Waals surface area contributed by atoms with Crippen molar-refractivity contribution in [3.8, 4) is 0 Å².